The van der Waals surface area contributed by atoms with Gasteiger partial charge in [0.15, 0.2) is 0 Å². The van der Waals surface area contributed by atoms with Crippen LogP contribution in [0.25, 0.3) is 0 Å². The maximum absolute atomic E-state index is 12.2. The lowest BCUT2D eigenvalue weighted by molar-refractivity contribution is -0.117. The molecule has 1 N–H and O–H groups in total. The Bertz CT molecular complexity index is 622. The average molecular weight is 314 g/mol. The molecule has 0 saturated carbocycles. The molecule has 1 amide bonds. The first-order valence-corrected chi connectivity index (χ1v) is 7.36. The Labute approximate surface area is 136 Å². The second-order valence-corrected chi connectivity index (χ2v) is 5.31. The Morgan fingerprint density at radius 3 is 2.22 bits per heavy atom. The summed E-state index contributed by atoms with van der Waals surface area (Å²) in [5.41, 5.74) is 1.82. The van der Waals surface area contributed by atoms with Gasteiger partial charge in [0, 0.05) is 30.4 Å². The first-order valence-electron chi connectivity index (χ1n) is 7.36. The molecule has 2 aromatic carbocycles. The lowest BCUT2D eigenvalue weighted by Gasteiger charge is -2.17. The van der Waals surface area contributed by atoms with E-state index in [-0.39, 0.29) is 5.91 Å². The number of hydrogen-bond donors (Lipinski definition) is 1. The number of anilines is 1. The Morgan fingerprint density at radius 1 is 1.04 bits per heavy atom. The van der Waals surface area contributed by atoms with E-state index in [0.717, 1.165) is 6.54 Å². The summed E-state index contributed by atoms with van der Waals surface area (Å²) in [4.78, 5) is 14.1. The van der Waals surface area contributed by atoms with Crippen molar-refractivity contribution in [1.82, 2.24) is 4.90 Å². The third kappa shape index (κ3) is 5.30. The third-order valence-electron chi connectivity index (χ3n) is 3.34. The third-order valence-corrected chi connectivity index (χ3v) is 3.34. The molecular formula is C18H22N2O3. The number of likely N-dealkylation sites (N-methyl/N-ethyl adjacent to an activating group) is 1. The van der Waals surface area contributed by atoms with Crippen LogP contribution < -0.4 is 14.8 Å². The Hall–Kier alpha value is -2.53. The number of ether oxygens (including phenoxy) is 2. The zero-order valence-corrected chi connectivity index (χ0v) is 13.7. The summed E-state index contributed by atoms with van der Waals surface area (Å²) in [6.45, 7) is 1.02. The highest BCUT2D eigenvalue weighted by Crippen LogP contribution is 2.25. The molecule has 2 aromatic rings. The van der Waals surface area contributed by atoms with Crippen LogP contribution in [0.1, 0.15) is 5.56 Å². The van der Waals surface area contributed by atoms with Crippen LogP contribution >= 0.6 is 0 Å². The summed E-state index contributed by atoms with van der Waals surface area (Å²) in [5.74, 6) is 1.19. The number of rotatable bonds is 7. The summed E-state index contributed by atoms with van der Waals surface area (Å²) < 4.78 is 10.4. The van der Waals surface area contributed by atoms with Gasteiger partial charge in [0.05, 0.1) is 20.8 Å². The van der Waals surface area contributed by atoms with Gasteiger partial charge in [-0.1, -0.05) is 30.3 Å². The number of carbonyl (C=O) groups excluding carboxylic acids is 1. The molecule has 0 fully saturated rings. The second-order valence-electron chi connectivity index (χ2n) is 5.31. The monoisotopic (exact) mass is 314 g/mol. The Kier molecular flexibility index (Phi) is 6.00. The normalized spacial score (nSPS) is 10.4. The molecule has 0 radical (unpaired) electrons. The molecule has 0 atom stereocenters. The zero-order chi connectivity index (χ0) is 16.7. The van der Waals surface area contributed by atoms with Crippen LogP contribution in [0.15, 0.2) is 48.5 Å². The van der Waals surface area contributed by atoms with Gasteiger partial charge in [-0.25, -0.2) is 0 Å². The second kappa shape index (κ2) is 8.19. The number of amides is 1. The van der Waals surface area contributed by atoms with Crippen LogP contribution in [-0.4, -0.2) is 38.6 Å². The van der Waals surface area contributed by atoms with Gasteiger partial charge < -0.3 is 14.8 Å². The Morgan fingerprint density at radius 2 is 1.65 bits per heavy atom. The quantitative estimate of drug-likeness (QED) is 0.854. The van der Waals surface area contributed by atoms with Gasteiger partial charge in [-0.2, -0.15) is 0 Å². The SMILES string of the molecule is COc1cc(NC(=O)CN(C)Cc2ccccc2)cc(OC)c1. The number of carbonyl (C=O) groups is 1. The summed E-state index contributed by atoms with van der Waals surface area (Å²) in [6.07, 6.45) is 0. The predicted octanol–water partition coefficient (Wildman–Crippen LogP) is 2.77. The molecule has 0 saturated heterocycles. The lowest BCUT2D eigenvalue weighted by atomic mass is 10.2. The number of benzene rings is 2. The summed E-state index contributed by atoms with van der Waals surface area (Å²) >= 11 is 0. The first kappa shape index (κ1) is 16.8. The molecule has 2 rings (SSSR count). The fourth-order valence-corrected chi connectivity index (χ4v) is 2.28. The highest BCUT2D eigenvalue weighted by molar-refractivity contribution is 5.92. The van der Waals surface area contributed by atoms with Crippen LogP contribution in [0.4, 0.5) is 5.69 Å². The van der Waals surface area contributed by atoms with Gasteiger partial charge in [-0.3, -0.25) is 9.69 Å². The maximum atomic E-state index is 12.2. The van der Waals surface area contributed by atoms with Crippen molar-refractivity contribution in [2.75, 3.05) is 33.1 Å². The smallest absolute Gasteiger partial charge is 0.238 e. The van der Waals surface area contributed by atoms with Crippen LogP contribution in [0, 0.1) is 0 Å². The standard InChI is InChI=1S/C18H22N2O3/c1-20(12-14-7-5-4-6-8-14)13-18(21)19-15-9-16(22-2)11-17(10-15)23-3/h4-11H,12-13H2,1-3H3,(H,19,21). The van der Waals surface area contributed by atoms with Gasteiger partial charge in [0.2, 0.25) is 5.91 Å². The van der Waals surface area contributed by atoms with E-state index >= 15 is 0 Å². The molecule has 0 aromatic heterocycles. The van der Waals surface area contributed by atoms with Crippen molar-refractivity contribution in [2.24, 2.45) is 0 Å². The van der Waals surface area contributed by atoms with E-state index in [1.54, 1.807) is 32.4 Å². The van der Waals surface area contributed by atoms with Crippen molar-refractivity contribution >= 4 is 11.6 Å². The molecule has 0 unspecified atom stereocenters. The van der Waals surface area contributed by atoms with E-state index < -0.39 is 0 Å². The van der Waals surface area contributed by atoms with Gasteiger partial charge in [0.25, 0.3) is 0 Å². The molecule has 0 spiro atoms. The van der Waals surface area contributed by atoms with Gasteiger partial charge in [-0.05, 0) is 12.6 Å². The Balaban J connectivity index is 1.94. The van der Waals surface area contributed by atoms with E-state index in [2.05, 4.69) is 5.32 Å². The predicted molar refractivity (Wildman–Crippen MR) is 91.0 cm³/mol. The molecule has 0 heterocycles. The van der Waals surface area contributed by atoms with Gasteiger partial charge in [0.1, 0.15) is 11.5 Å². The van der Waals surface area contributed by atoms with E-state index in [9.17, 15) is 4.79 Å². The summed E-state index contributed by atoms with van der Waals surface area (Å²) in [7, 11) is 5.07. The fraction of sp³-hybridized carbons (Fsp3) is 0.278. The van der Waals surface area contributed by atoms with Crippen LogP contribution in [0.5, 0.6) is 11.5 Å². The number of nitrogens with one attached hydrogen (secondary N) is 1. The van der Waals surface area contributed by atoms with Crippen molar-refractivity contribution in [3.8, 4) is 11.5 Å². The topological polar surface area (TPSA) is 50.8 Å². The van der Waals surface area contributed by atoms with Crippen molar-refractivity contribution < 1.29 is 14.3 Å². The molecule has 5 nitrogen and oxygen atoms in total. The highest BCUT2D eigenvalue weighted by Gasteiger charge is 2.09. The highest BCUT2D eigenvalue weighted by atomic mass is 16.5. The largest absolute Gasteiger partial charge is 0.497 e. The molecule has 122 valence electrons. The molecule has 23 heavy (non-hydrogen) atoms. The first-order chi connectivity index (χ1) is 11.1. The van der Waals surface area contributed by atoms with Crippen molar-refractivity contribution in [3.63, 3.8) is 0 Å². The minimum absolute atomic E-state index is 0.0845. The molecule has 0 bridgehead atoms. The van der Waals surface area contributed by atoms with Crippen molar-refractivity contribution in [2.45, 2.75) is 6.54 Å². The van der Waals surface area contributed by atoms with E-state index in [4.69, 9.17) is 9.47 Å². The van der Waals surface area contributed by atoms with E-state index in [1.165, 1.54) is 5.56 Å². The van der Waals surface area contributed by atoms with E-state index in [1.807, 2.05) is 42.3 Å². The maximum Gasteiger partial charge on any atom is 0.238 e. The fourth-order valence-electron chi connectivity index (χ4n) is 2.28. The minimum Gasteiger partial charge on any atom is -0.497 e. The molecule has 0 aliphatic rings. The van der Waals surface area contributed by atoms with Crippen molar-refractivity contribution in [3.05, 3.63) is 54.1 Å². The lowest BCUT2D eigenvalue weighted by Crippen LogP contribution is -2.29. The van der Waals surface area contributed by atoms with Crippen molar-refractivity contribution in [1.29, 1.82) is 0 Å². The van der Waals surface area contributed by atoms with Crippen LogP contribution in [-0.2, 0) is 11.3 Å². The molecule has 0 aliphatic heterocycles. The number of methoxy groups -OCH3 is 2. The van der Waals surface area contributed by atoms with Gasteiger partial charge in [-0.15, -0.1) is 0 Å². The molecule has 5 heteroatoms. The number of nitrogens with zero attached hydrogens (tertiary/aromatic N) is 1. The van der Waals surface area contributed by atoms with Gasteiger partial charge >= 0.3 is 0 Å². The van der Waals surface area contributed by atoms with Crippen LogP contribution in [0.2, 0.25) is 0 Å². The summed E-state index contributed by atoms with van der Waals surface area (Å²) in [6, 6.07) is 15.3. The minimum atomic E-state index is -0.0845. The summed E-state index contributed by atoms with van der Waals surface area (Å²) in [5, 5.41) is 2.87. The average Bonchev–Trinajstić information content (AvgIpc) is 2.54. The zero-order valence-electron chi connectivity index (χ0n) is 13.7. The van der Waals surface area contributed by atoms with E-state index in [0.29, 0.717) is 23.7 Å². The molecular weight excluding hydrogens is 292 g/mol. The van der Waals surface area contributed by atoms with Crippen LogP contribution in [0.3, 0.4) is 0 Å². The number of hydrogen-bond acceptors (Lipinski definition) is 4. The molecule has 0 aliphatic carbocycles.